The first-order chi connectivity index (χ1) is 14.7. The Morgan fingerprint density at radius 3 is 2.65 bits per heavy atom. The number of sulfonamides is 1. The number of aromatic nitrogens is 3. The lowest BCUT2D eigenvalue weighted by Gasteiger charge is -2.42. The summed E-state index contributed by atoms with van der Waals surface area (Å²) in [7, 11) is -3.09. The van der Waals surface area contributed by atoms with Crippen molar-refractivity contribution in [2.45, 2.75) is 56.6 Å². The van der Waals surface area contributed by atoms with Crippen molar-refractivity contribution in [1.82, 2.24) is 24.2 Å². The number of anilines is 1. The average molecular weight is 451 g/mol. The third-order valence-corrected chi connectivity index (χ3v) is 7.73. The fourth-order valence-electron chi connectivity index (χ4n) is 4.90. The molecule has 1 atom stereocenters. The third-order valence-electron chi connectivity index (χ3n) is 6.46. The van der Waals surface area contributed by atoms with Crippen LogP contribution in [0.25, 0.3) is 11.0 Å². The van der Waals surface area contributed by atoms with Crippen LogP contribution < -0.4 is 11.1 Å². The largest absolute Gasteiger partial charge is 0.392 e. The second-order valence-corrected chi connectivity index (χ2v) is 10.7. The number of fused-ring (bicyclic) bond motifs is 4. The fraction of sp³-hybridized carbons (Fsp3) is 0.650. The summed E-state index contributed by atoms with van der Waals surface area (Å²) in [6.45, 7) is 1.50. The molecule has 2 aromatic heterocycles. The molecule has 31 heavy (non-hydrogen) atoms. The van der Waals surface area contributed by atoms with E-state index in [2.05, 4.69) is 19.9 Å². The molecule has 0 bridgehead atoms. The van der Waals surface area contributed by atoms with Gasteiger partial charge < -0.3 is 20.7 Å². The lowest BCUT2D eigenvalue weighted by molar-refractivity contribution is 0.0833. The number of amides is 1. The predicted molar refractivity (Wildman–Crippen MR) is 117 cm³/mol. The van der Waals surface area contributed by atoms with Crippen molar-refractivity contribution >= 4 is 32.9 Å². The SMILES string of the molecule is CS(=O)(=O)N1CCCC(O)C1.Nc1ncc2cc3n(c2n1)C1(CCCCC1)CNC3=O. The van der Waals surface area contributed by atoms with Crippen LogP contribution in [-0.2, 0) is 15.6 Å². The number of nitrogens with zero attached hydrogens (tertiary/aromatic N) is 4. The lowest BCUT2D eigenvalue weighted by atomic mass is 9.80. The van der Waals surface area contributed by atoms with Crippen molar-refractivity contribution in [3.05, 3.63) is 18.0 Å². The van der Waals surface area contributed by atoms with Gasteiger partial charge in [0.1, 0.15) is 11.3 Å². The smallest absolute Gasteiger partial charge is 0.268 e. The first-order valence-corrected chi connectivity index (χ1v) is 12.6. The van der Waals surface area contributed by atoms with E-state index in [9.17, 15) is 13.2 Å². The molecule has 3 aliphatic rings. The molecule has 2 fully saturated rings. The van der Waals surface area contributed by atoms with Crippen molar-refractivity contribution in [3.8, 4) is 0 Å². The van der Waals surface area contributed by atoms with Crippen molar-refractivity contribution in [3.63, 3.8) is 0 Å². The number of nitrogen functional groups attached to an aromatic ring is 1. The summed E-state index contributed by atoms with van der Waals surface area (Å²) in [5, 5.41) is 13.1. The van der Waals surface area contributed by atoms with E-state index >= 15 is 0 Å². The summed E-state index contributed by atoms with van der Waals surface area (Å²) in [6.07, 6.45) is 9.67. The normalized spacial score (nSPS) is 23.7. The van der Waals surface area contributed by atoms with Gasteiger partial charge in [-0.25, -0.2) is 13.4 Å². The minimum Gasteiger partial charge on any atom is -0.392 e. The van der Waals surface area contributed by atoms with E-state index in [0.29, 0.717) is 25.2 Å². The molecule has 5 rings (SSSR count). The van der Waals surface area contributed by atoms with E-state index < -0.39 is 16.1 Å². The number of nitrogens with two attached hydrogens (primary N) is 1. The Labute approximate surface area is 181 Å². The van der Waals surface area contributed by atoms with E-state index in [0.717, 1.165) is 30.3 Å². The molecule has 170 valence electrons. The molecular weight excluding hydrogens is 420 g/mol. The molecule has 1 saturated heterocycles. The molecule has 1 saturated carbocycles. The Hall–Kier alpha value is -2.24. The summed E-state index contributed by atoms with van der Waals surface area (Å²) in [5.74, 6) is 0.230. The van der Waals surface area contributed by atoms with Crippen molar-refractivity contribution < 1.29 is 18.3 Å². The van der Waals surface area contributed by atoms with Crippen LogP contribution in [0.4, 0.5) is 5.95 Å². The zero-order valence-corrected chi connectivity index (χ0v) is 18.6. The highest BCUT2D eigenvalue weighted by atomic mass is 32.2. The predicted octanol–water partition coefficient (Wildman–Crippen LogP) is 0.819. The van der Waals surface area contributed by atoms with Crippen molar-refractivity contribution in [2.24, 2.45) is 0 Å². The molecule has 10 nitrogen and oxygen atoms in total. The lowest BCUT2D eigenvalue weighted by Crippen LogP contribution is -2.52. The van der Waals surface area contributed by atoms with Gasteiger partial charge in [-0.3, -0.25) is 4.79 Å². The number of rotatable bonds is 1. The van der Waals surface area contributed by atoms with Crippen LogP contribution in [-0.4, -0.2) is 70.3 Å². The molecule has 1 amide bonds. The molecule has 11 heteroatoms. The molecule has 2 aliphatic heterocycles. The Bertz CT molecular complexity index is 1080. The van der Waals surface area contributed by atoms with Gasteiger partial charge in [0.25, 0.3) is 5.91 Å². The number of piperidine rings is 1. The molecule has 0 radical (unpaired) electrons. The zero-order valence-electron chi connectivity index (χ0n) is 17.7. The van der Waals surface area contributed by atoms with E-state index in [-0.39, 0.29) is 23.9 Å². The number of carbonyl (C=O) groups excluding carboxylic acids is 1. The number of β-amino-alcohol motifs (C(OH)–C–C–N with tert-alkyl or cyclic N) is 1. The van der Waals surface area contributed by atoms with Crippen LogP contribution in [0.3, 0.4) is 0 Å². The minimum absolute atomic E-state index is 0.0298. The Kier molecular flexibility index (Phi) is 5.93. The minimum atomic E-state index is -3.09. The van der Waals surface area contributed by atoms with Crippen LogP contribution >= 0.6 is 0 Å². The molecule has 0 aromatic carbocycles. The van der Waals surface area contributed by atoms with Gasteiger partial charge in [0.2, 0.25) is 16.0 Å². The first-order valence-electron chi connectivity index (χ1n) is 10.8. The molecule has 1 aliphatic carbocycles. The summed E-state index contributed by atoms with van der Waals surface area (Å²) in [5.41, 5.74) is 7.18. The highest BCUT2D eigenvalue weighted by Gasteiger charge is 2.41. The number of aliphatic hydroxyl groups excluding tert-OH is 1. The van der Waals surface area contributed by atoms with Crippen LogP contribution in [0.15, 0.2) is 12.3 Å². The van der Waals surface area contributed by atoms with E-state index in [4.69, 9.17) is 10.8 Å². The van der Waals surface area contributed by atoms with Gasteiger partial charge in [0.15, 0.2) is 0 Å². The fourth-order valence-corrected chi connectivity index (χ4v) is 5.80. The maximum absolute atomic E-state index is 12.2. The monoisotopic (exact) mass is 450 g/mol. The van der Waals surface area contributed by atoms with Crippen LogP contribution in [0.2, 0.25) is 0 Å². The van der Waals surface area contributed by atoms with Gasteiger partial charge in [-0.05, 0) is 31.7 Å². The molecule has 4 heterocycles. The van der Waals surface area contributed by atoms with Crippen molar-refractivity contribution in [1.29, 1.82) is 0 Å². The maximum Gasteiger partial charge on any atom is 0.268 e. The zero-order chi connectivity index (χ0) is 22.2. The van der Waals surface area contributed by atoms with Gasteiger partial charge in [-0.1, -0.05) is 19.3 Å². The number of hydrogen-bond donors (Lipinski definition) is 3. The number of aliphatic hydroxyl groups is 1. The second-order valence-electron chi connectivity index (χ2n) is 8.76. The highest BCUT2D eigenvalue weighted by molar-refractivity contribution is 7.88. The number of nitrogens with one attached hydrogen (secondary N) is 1. The van der Waals surface area contributed by atoms with Gasteiger partial charge in [0, 0.05) is 31.2 Å². The standard InChI is InChI=1S/C14H17N5O.C6H13NO3S/c15-13-16-7-9-6-10-12(20)17-8-14(4-2-1-3-5-14)19(10)11(9)18-13;1-11(9,10)7-4-2-3-6(8)5-7/h6-7H,1-5,8H2,(H,17,20)(H2,15,16,18);6,8H,2-5H2,1H3. The second kappa shape index (κ2) is 8.36. The topological polar surface area (TPSA) is 143 Å². The maximum atomic E-state index is 12.2. The summed E-state index contributed by atoms with van der Waals surface area (Å²) < 4.78 is 25.3. The van der Waals surface area contributed by atoms with Crippen LogP contribution in [0.5, 0.6) is 0 Å². The average Bonchev–Trinajstić information content (AvgIpc) is 3.12. The van der Waals surface area contributed by atoms with E-state index in [1.54, 1.807) is 6.20 Å². The molecule has 2 aromatic rings. The Balaban J connectivity index is 0.000000180. The molecule has 1 spiro atoms. The van der Waals surface area contributed by atoms with Gasteiger partial charge in [-0.15, -0.1) is 0 Å². The third kappa shape index (κ3) is 4.39. The number of hydrogen-bond acceptors (Lipinski definition) is 7. The Morgan fingerprint density at radius 1 is 1.26 bits per heavy atom. The molecular formula is C20H30N6O4S. The summed E-state index contributed by atoms with van der Waals surface area (Å²) >= 11 is 0. The summed E-state index contributed by atoms with van der Waals surface area (Å²) in [4.78, 5) is 20.6. The van der Waals surface area contributed by atoms with Gasteiger partial charge in [-0.2, -0.15) is 9.29 Å². The van der Waals surface area contributed by atoms with Gasteiger partial charge >= 0.3 is 0 Å². The quantitative estimate of drug-likeness (QED) is 0.583. The molecule has 1 unspecified atom stereocenters. The summed E-state index contributed by atoms with van der Waals surface area (Å²) in [6, 6.07) is 1.87. The number of carbonyl (C=O) groups is 1. The van der Waals surface area contributed by atoms with E-state index in [1.165, 1.54) is 29.8 Å². The van der Waals surface area contributed by atoms with Crippen LogP contribution in [0, 0.1) is 0 Å². The Morgan fingerprint density at radius 2 is 2.00 bits per heavy atom. The van der Waals surface area contributed by atoms with E-state index in [1.807, 2.05) is 6.07 Å². The molecule has 4 N–H and O–H groups in total. The first kappa shape index (κ1) is 22.0. The van der Waals surface area contributed by atoms with Gasteiger partial charge in [0.05, 0.1) is 17.9 Å². The highest BCUT2D eigenvalue weighted by Crippen LogP contribution is 2.40. The van der Waals surface area contributed by atoms with Crippen LogP contribution in [0.1, 0.15) is 55.4 Å². The van der Waals surface area contributed by atoms with Crippen molar-refractivity contribution in [2.75, 3.05) is 31.6 Å².